The molecule has 1 aromatic carbocycles. The van der Waals surface area contributed by atoms with Gasteiger partial charge in [0.15, 0.2) is 0 Å². The van der Waals surface area contributed by atoms with E-state index in [2.05, 4.69) is 10.6 Å². The molecule has 0 bridgehead atoms. The lowest BCUT2D eigenvalue weighted by atomic mass is 10.2. The molecule has 2 amide bonds. The van der Waals surface area contributed by atoms with E-state index in [1.54, 1.807) is 41.7 Å². The number of nitrogens with one attached hydrogen (secondary N) is 2. The normalized spacial score (nSPS) is 10.6. The first-order valence-corrected chi connectivity index (χ1v) is 7.98. The SMILES string of the molecule is CCCC(=O)Nc1ccc(NC(=O)/C=C/c2cccs2)cc1. The molecule has 2 rings (SSSR count). The number of anilines is 2. The van der Waals surface area contributed by atoms with Crippen molar-refractivity contribution in [1.82, 2.24) is 0 Å². The summed E-state index contributed by atoms with van der Waals surface area (Å²) in [4.78, 5) is 24.3. The Bertz CT molecular complexity index is 646. The van der Waals surface area contributed by atoms with E-state index in [0.717, 1.165) is 17.0 Å². The Morgan fingerprint density at radius 1 is 1.09 bits per heavy atom. The Morgan fingerprint density at radius 2 is 1.77 bits per heavy atom. The molecule has 0 fully saturated rings. The van der Waals surface area contributed by atoms with Crippen LogP contribution in [0.15, 0.2) is 47.9 Å². The summed E-state index contributed by atoms with van der Waals surface area (Å²) in [5, 5.41) is 7.54. The third kappa shape index (κ3) is 5.18. The Hall–Kier alpha value is -2.40. The van der Waals surface area contributed by atoms with E-state index >= 15 is 0 Å². The Labute approximate surface area is 133 Å². The summed E-state index contributed by atoms with van der Waals surface area (Å²) in [5.41, 5.74) is 1.42. The molecule has 1 aromatic heterocycles. The van der Waals surface area contributed by atoms with Crippen LogP contribution in [0.4, 0.5) is 11.4 Å². The molecule has 0 unspecified atom stereocenters. The molecule has 22 heavy (non-hydrogen) atoms. The van der Waals surface area contributed by atoms with Crippen molar-refractivity contribution in [1.29, 1.82) is 0 Å². The van der Waals surface area contributed by atoms with E-state index in [4.69, 9.17) is 0 Å². The second-order valence-corrected chi connectivity index (χ2v) is 5.69. The highest BCUT2D eigenvalue weighted by Crippen LogP contribution is 2.15. The second kappa shape index (κ2) is 8.14. The number of benzene rings is 1. The first-order chi connectivity index (χ1) is 10.7. The molecule has 5 heteroatoms. The first-order valence-electron chi connectivity index (χ1n) is 7.10. The van der Waals surface area contributed by atoms with Crippen LogP contribution in [0.5, 0.6) is 0 Å². The van der Waals surface area contributed by atoms with Crippen LogP contribution in [0.2, 0.25) is 0 Å². The van der Waals surface area contributed by atoms with Crippen LogP contribution >= 0.6 is 11.3 Å². The molecular formula is C17H18N2O2S. The summed E-state index contributed by atoms with van der Waals surface area (Å²) in [7, 11) is 0. The minimum absolute atomic E-state index is 0.00170. The zero-order chi connectivity index (χ0) is 15.8. The maximum Gasteiger partial charge on any atom is 0.248 e. The molecule has 2 aromatic rings. The predicted molar refractivity (Wildman–Crippen MR) is 92.0 cm³/mol. The molecule has 0 radical (unpaired) electrons. The van der Waals surface area contributed by atoms with Crippen molar-refractivity contribution in [3.8, 4) is 0 Å². The summed E-state index contributed by atoms with van der Waals surface area (Å²) in [5.74, 6) is -0.186. The van der Waals surface area contributed by atoms with Gasteiger partial charge in [0.2, 0.25) is 11.8 Å². The van der Waals surface area contributed by atoms with Crippen LogP contribution in [0.1, 0.15) is 24.6 Å². The fourth-order valence-electron chi connectivity index (χ4n) is 1.82. The molecule has 0 saturated carbocycles. The number of hydrogen-bond donors (Lipinski definition) is 2. The van der Waals surface area contributed by atoms with E-state index in [9.17, 15) is 9.59 Å². The average Bonchev–Trinajstić information content (AvgIpc) is 3.01. The van der Waals surface area contributed by atoms with Gasteiger partial charge in [0, 0.05) is 28.7 Å². The average molecular weight is 314 g/mol. The smallest absolute Gasteiger partial charge is 0.248 e. The second-order valence-electron chi connectivity index (χ2n) is 4.71. The Balaban J connectivity index is 1.88. The van der Waals surface area contributed by atoms with Gasteiger partial charge >= 0.3 is 0 Å². The highest BCUT2D eigenvalue weighted by atomic mass is 32.1. The van der Waals surface area contributed by atoms with Gasteiger partial charge in [-0.05, 0) is 48.2 Å². The van der Waals surface area contributed by atoms with Crippen molar-refractivity contribution in [2.24, 2.45) is 0 Å². The van der Waals surface area contributed by atoms with E-state index < -0.39 is 0 Å². The standard InChI is InChI=1S/C17H18N2O2S/c1-2-4-16(20)18-13-6-8-14(9-7-13)19-17(21)11-10-15-5-3-12-22-15/h3,5-12H,2,4H2,1H3,(H,18,20)(H,19,21)/b11-10+. The van der Waals surface area contributed by atoms with Gasteiger partial charge in [0.1, 0.15) is 0 Å². The number of thiophene rings is 1. The Morgan fingerprint density at radius 3 is 2.36 bits per heavy atom. The molecule has 114 valence electrons. The fourth-order valence-corrected chi connectivity index (χ4v) is 2.43. The zero-order valence-corrected chi connectivity index (χ0v) is 13.2. The molecule has 2 N–H and O–H groups in total. The zero-order valence-electron chi connectivity index (χ0n) is 12.3. The van der Waals surface area contributed by atoms with Crippen molar-refractivity contribution in [3.05, 3.63) is 52.7 Å². The molecule has 0 aliphatic heterocycles. The first kappa shape index (κ1) is 16.0. The van der Waals surface area contributed by atoms with E-state index in [1.807, 2.05) is 24.4 Å². The summed E-state index contributed by atoms with van der Waals surface area (Å²) < 4.78 is 0. The molecule has 0 aliphatic rings. The highest BCUT2D eigenvalue weighted by Gasteiger charge is 2.02. The van der Waals surface area contributed by atoms with E-state index in [-0.39, 0.29) is 11.8 Å². The van der Waals surface area contributed by atoms with Crippen LogP contribution in [0.3, 0.4) is 0 Å². The van der Waals surface area contributed by atoms with Gasteiger partial charge < -0.3 is 10.6 Å². The molecule has 0 spiro atoms. The van der Waals surface area contributed by atoms with Crippen LogP contribution in [-0.4, -0.2) is 11.8 Å². The molecule has 0 aliphatic carbocycles. The fraction of sp³-hybridized carbons (Fsp3) is 0.176. The number of carbonyl (C=O) groups excluding carboxylic acids is 2. The Kier molecular flexibility index (Phi) is 5.91. The quantitative estimate of drug-likeness (QED) is 0.787. The molecular weight excluding hydrogens is 296 g/mol. The lowest BCUT2D eigenvalue weighted by Crippen LogP contribution is -2.11. The minimum Gasteiger partial charge on any atom is -0.326 e. The number of rotatable bonds is 6. The van der Waals surface area contributed by atoms with Crippen molar-refractivity contribution in [2.75, 3.05) is 10.6 Å². The van der Waals surface area contributed by atoms with Crippen molar-refractivity contribution < 1.29 is 9.59 Å². The molecule has 0 saturated heterocycles. The van der Waals surface area contributed by atoms with Gasteiger partial charge in [-0.1, -0.05) is 13.0 Å². The highest BCUT2D eigenvalue weighted by molar-refractivity contribution is 7.10. The van der Waals surface area contributed by atoms with Crippen molar-refractivity contribution in [2.45, 2.75) is 19.8 Å². The topological polar surface area (TPSA) is 58.2 Å². The van der Waals surface area contributed by atoms with Gasteiger partial charge in [-0.2, -0.15) is 0 Å². The monoisotopic (exact) mass is 314 g/mol. The summed E-state index contributed by atoms with van der Waals surface area (Å²) >= 11 is 1.58. The molecule has 4 nitrogen and oxygen atoms in total. The van der Waals surface area contributed by atoms with Crippen molar-refractivity contribution >= 4 is 40.6 Å². The van der Waals surface area contributed by atoms with Crippen LogP contribution in [-0.2, 0) is 9.59 Å². The van der Waals surface area contributed by atoms with Gasteiger partial charge in [0.25, 0.3) is 0 Å². The minimum atomic E-state index is -0.184. The van der Waals surface area contributed by atoms with E-state index in [1.165, 1.54) is 6.08 Å². The summed E-state index contributed by atoms with van der Waals surface area (Å²) in [6.07, 6.45) is 4.60. The van der Waals surface area contributed by atoms with E-state index in [0.29, 0.717) is 12.1 Å². The summed E-state index contributed by atoms with van der Waals surface area (Å²) in [6, 6.07) is 10.9. The largest absolute Gasteiger partial charge is 0.326 e. The molecule has 0 atom stereocenters. The third-order valence-corrected chi connectivity index (χ3v) is 3.69. The predicted octanol–water partition coefficient (Wildman–Crippen LogP) is 4.14. The van der Waals surface area contributed by atoms with Crippen LogP contribution < -0.4 is 10.6 Å². The van der Waals surface area contributed by atoms with Crippen LogP contribution in [0.25, 0.3) is 6.08 Å². The molecule has 1 heterocycles. The van der Waals surface area contributed by atoms with Gasteiger partial charge in [-0.25, -0.2) is 0 Å². The lowest BCUT2D eigenvalue weighted by molar-refractivity contribution is -0.116. The van der Waals surface area contributed by atoms with Gasteiger partial charge in [0.05, 0.1) is 0 Å². The summed E-state index contributed by atoms with van der Waals surface area (Å²) in [6.45, 7) is 1.96. The lowest BCUT2D eigenvalue weighted by Gasteiger charge is -2.06. The van der Waals surface area contributed by atoms with Crippen LogP contribution in [0, 0.1) is 0 Å². The van der Waals surface area contributed by atoms with Gasteiger partial charge in [-0.15, -0.1) is 11.3 Å². The number of amides is 2. The van der Waals surface area contributed by atoms with Crippen molar-refractivity contribution in [3.63, 3.8) is 0 Å². The number of carbonyl (C=O) groups is 2. The number of hydrogen-bond acceptors (Lipinski definition) is 3. The maximum atomic E-state index is 11.8. The van der Waals surface area contributed by atoms with Gasteiger partial charge in [-0.3, -0.25) is 9.59 Å². The maximum absolute atomic E-state index is 11.8. The third-order valence-electron chi connectivity index (χ3n) is 2.86.